The molecule has 0 fully saturated rings. The molecule has 1 aromatic rings. The highest BCUT2D eigenvalue weighted by molar-refractivity contribution is 5.39. The number of aromatic nitrogens is 2. The van der Waals surface area contributed by atoms with Gasteiger partial charge >= 0.3 is 0 Å². The van der Waals surface area contributed by atoms with Crippen LogP contribution in [0.1, 0.15) is 26.7 Å². The maximum Gasteiger partial charge on any atom is 0.222 e. The van der Waals surface area contributed by atoms with Gasteiger partial charge in [-0.25, -0.2) is 9.37 Å². The van der Waals surface area contributed by atoms with E-state index in [1.54, 1.807) is 0 Å². The van der Waals surface area contributed by atoms with Gasteiger partial charge in [-0.2, -0.15) is 4.98 Å². The zero-order chi connectivity index (χ0) is 12.2. The number of aliphatic hydroxyl groups is 1. The van der Waals surface area contributed by atoms with Crippen LogP contribution in [-0.2, 0) is 0 Å². The summed E-state index contributed by atoms with van der Waals surface area (Å²) in [6.45, 7) is 3.97. The van der Waals surface area contributed by atoms with Gasteiger partial charge in [-0.1, -0.05) is 13.8 Å². The molecule has 0 saturated heterocycles. The minimum absolute atomic E-state index is 0.000404. The van der Waals surface area contributed by atoms with Crippen LogP contribution in [0.2, 0.25) is 0 Å². The fourth-order valence-electron chi connectivity index (χ4n) is 1.25. The van der Waals surface area contributed by atoms with E-state index in [4.69, 9.17) is 5.73 Å². The van der Waals surface area contributed by atoms with Gasteiger partial charge in [-0.3, -0.25) is 0 Å². The van der Waals surface area contributed by atoms with Crippen LogP contribution in [0.5, 0.6) is 0 Å². The van der Waals surface area contributed by atoms with Gasteiger partial charge in [0, 0.05) is 6.54 Å². The number of nitrogens with one attached hydrogen (secondary N) is 1. The molecule has 0 aliphatic heterocycles. The lowest BCUT2D eigenvalue weighted by Crippen LogP contribution is -2.35. The normalized spacial score (nSPS) is 11.5. The second kappa shape index (κ2) is 5.07. The predicted molar refractivity (Wildman–Crippen MR) is 60.4 cm³/mol. The lowest BCUT2D eigenvalue weighted by molar-refractivity contribution is 0.0455. The minimum atomic E-state index is -0.855. The Bertz CT molecular complexity index is 355. The monoisotopic (exact) mass is 228 g/mol. The number of anilines is 2. The van der Waals surface area contributed by atoms with E-state index in [1.165, 1.54) is 0 Å². The summed E-state index contributed by atoms with van der Waals surface area (Å²) in [5.41, 5.74) is 4.49. The summed E-state index contributed by atoms with van der Waals surface area (Å²) in [5, 5.41) is 12.7. The van der Waals surface area contributed by atoms with Crippen LogP contribution in [0.25, 0.3) is 0 Å². The molecule has 0 saturated carbocycles. The zero-order valence-corrected chi connectivity index (χ0v) is 9.50. The standard InChI is InChI=1S/C10H17FN4O/c1-3-10(16,4-2)6-14-8-7(11)5-13-9(12)15-8/h5,16H,3-4,6H2,1-2H3,(H3,12,13,14,15). The van der Waals surface area contributed by atoms with E-state index >= 15 is 0 Å². The maximum absolute atomic E-state index is 13.2. The van der Waals surface area contributed by atoms with Gasteiger partial charge in [0.15, 0.2) is 11.6 Å². The summed E-state index contributed by atoms with van der Waals surface area (Å²) < 4.78 is 13.2. The molecule has 0 aliphatic carbocycles. The first-order valence-electron chi connectivity index (χ1n) is 5.25. The first-order chi connectivity index (χ1) is 7.50. The van der Waals surface area contributed by atoms with E-state index in [1.807, 2.05) is 13.8 Å². The largest absolute Gasteiger partial charge is 0.388 e. The van der Waals surface area contributed by atoms with Crippen LogP contribution in [0.3, 0.4) is 0 Å². The average molecular weight is 228 g/mol. The van der Waals surface area contributed by atoms with Gasteiger partial charge in [0.25, 0.3) is 0 Å². The summed E-state index contributed by atoms with van der Waals surface area (Å²) in [6.07, 6.45) is 2.17. The molecule has 0 radical (unpaired) electrons. The molecule has 0 atom stereocenters. The third-order valence-electron chi connectivity index (χ3n) is 2.66. The van der Waals surface area contributed by atoms with Crippen LogP contribution in [0.4, 0.5) is 16.2 Å². The van der Waals surface area contributed by atoms with Crippen LogP contribution in [0.15, 0.2) is 6.20 Å². The molecule has 0 unspecified atom stereocenters. The first-order valence-corrected chi connectivity index (χ1v) is 5.25. The molecule has 5 nitrogen and oxygen atoms in total. The van der Waals surface area contributed by atoms with Gasteiger partial charge in [0.1, 0.15) is 0 Å². The molecule has 0 bridgehead atoms. The Morgan fingerprint density at radius 3 is 2.69 bits per heavy atom. The van der Waals surface area contributed by atoms with Crippen molar-refractivity contribution in [2.45, 2.75) is 32.3 Å². The fraction of sp³-hybridized carbons (Fsp3) is 0.600. The molecule has 0 amide bonds. The zero-order valence-electron chi connectivity index (χ0n) is 9.50. The number of hydrogen-bond donors (Lipinski definition) is 3. The summed E-state index contributed by atoms with van der Waals surface area (Å²) in [6, 6.07) is 0. The van der Waals surface area contributed by atoms with E-state index in [2.05, 4.69) is 15.3 Å². The molecule has 1 aromatic heterocycles. The number of rotatable bonds is 5. The summed E-state index contributed by atoms with van der Waals surface area (Å²) in [4.78, 5) is 7.23. The second-order valence-corrected chi connectivity index (χ2v) is 3.71. The SMILES string of the molecule is CCC(O)(CC)CNc1nc(N)ncc1F. The highest BCUT2D eigenvalue weighted by Crippen LogP contribution is 2.17. The molecular formula is C10H17FN4O. The van der Waals surface area contributed by atoms with Crippen molar-refractivity contribution in [2.24, 2.45) is 0 Å². The molecular weight excluding hydrogens is 211 g/mol. The highest BCUT2D eigenvalue weighted by atomic mass is 19.1. The van der Waals surface area contributed by atoms with Crippen LogP contribution >= 0.6 is 0 Å². The Morgan fingerprint density at radius 2 is 2.12 bits per heavy atom. The van der Waals surface area contributed by atoms with Crippen molar-refractivity contribution < 1.29 is 9.50 Å². The lowest BCUT2D eigenvalue weighted by atomic mass is 9.98. The number of hydrogen-bond acceptors (Lipinski definition) is 5. The van der Waals surface area contributed by atoms with E-state index in [9.17, 15) is 9.50 Å². The predicted octanol–water partition coefficient (Wildman–Crippen LogP) is 1.16. The molecule has 0 aliphatic rings. The summed E-state index contributed by atoms with van der Waals surface area (Å²) in [5.74, 6) is -0.558. The van der Waals surface area contributed by atoms with Crippen molar-refractivity contribution in [3.05, 3.63) is 12.0 Å². The smallest absolute Gasteiger partial charge is 0.222 e. The van der Waals surface area contributed by atoms with Gasteiger partial charge in [0.2, 0.25) is 5.95 Å². The third-order valence-corrected chi connectivity index (χ3v) is 2.66. The molecule has 6 heteroatoms. The number of nitrogens with zero attached hydrogens (tertiary/aromatic N) is 2. The topological polar surface area (TPSA) is 84.1 Å². The average Bonchev–Trinajstić information content (AvgIpc) is 2.30. The van der Waals surface area contributed by atoms with Crippen molar-refractivity contribution in [1.82, 2.24) is 9.97 Å². The number of nitrogens with two attached hydrogens (primary N) is 1. The van der Waals surface area contributed by atoms with Crippen molar-refractivity contribution in [2.75, 3.05) is 17.6 Å². The molecule has 1 rings (SSSR count). The van der Waals surface area contributed by atoms with E-state index < -0.39 is 11.4 Å². The Labute approximate surface area is 93.9 Å². The second-order valence-electron chi connectivity index (χ2n) is 3.71. The first kappa shape index (κ1) is 12.6. The maximum atomic E-state index is 13.2. The minimum Gasteiger partial charge on any atom is -0.388 e. The Hall–Kier alpha value is -1.43. The Kier molecular flexibility index (Phi) is 4.00. The summed E-state index contributed by atoms with van der Waals surface area (Å²) >= 11 is 0. The molecule has 4 N–H and O–H groups in total. The van der Waals surface area contributed by atoms with E-state index in [0.29, 0.717) is 12.8 Å². The van der Waals surface area contributed by atoms with Gasteiger partial charge < -0.3 is 16.2 Å². The van der Waals surface area contributed by atoms with Gasteiger partial charge in [-0.15, -0.1) is 0 Å². The van der Waals surface area contributed by atoms with Crippen LogP contribution in [-0.4, -0.2) is 27.2 Å². The fourth-order valence-corrected chi connectivity index (χ4v) is 1.25. The van der Waals surface area contributed by atoms with Crippen molar-refractivity contribution in [3.63, 3.8) is 0 Å². The molecule has 16 heavy (non-hydrogen) atoms. The van der Waals surface area contributed by atoms with Crippen molar-refractivity contribution in [1.29, 1.82) is 0 Å². The number of nitrogen functional groups attached to an aromatic ring is 1. The summed E-state index contributed by atoms with van der Waals surface area (Å²) in [7, 11) is 0. The van der Waals surface area contributed by atoms with Crippen molar-refractivity contribution in [3.8, 4) is 0 Å². The molecule has 0 spiro atoms. The lowest BCUT2D eigenvalue weighted by Gasteiger charge is -2.25. The van der Waals surface area contributed by atoms with E-state index in [-0.39, 0.29) is 18.3 Å². The quantitative estimate of drug-likeness (QED) is 0.704. The highest BCUT2D eigenvalue weighted by Gasteiger charge is 2.22. The van der Waals surface area contributed by atoms with Gasteiger partial charge in [-0.05, 0) is 12.8 Å². The Balaban J connectivity index is 2.70. The Morgan fingerprint density at radius 1 is 1.50 bits per heavy atom. The van der Waals surface area contributed by atoms with Crippen molar-refractivity contribution >= 4 is 11.8 Å². The third kappa shape index (κ3) is 3.03. The van der Waals surface area contributed by atoms with E-state index in [0.717, 1.165) is 6.20 Å². The molecule has 0 aromatic carbocycles. The molecule has 1 heterocycles. The van der Waals surface area contributed by atoms with Crippen LogP contribution in [0, 0.1) is 5.82 Å². The van der Waals surface area contributed by atoms with Gasteiger partial charge in [0.05, 0.1) is 11.8 Å². The number of halogens is 1. The van der Waals surface area contributed by atoms with Crippen LogP contribution < -0.4 is 11.1 Å². The molecule has 90 valence electrons.